The van der Waals surface area contributed by atoms with Crippen LogP contribution in [-0.2, 0) is 9.59 Å². The van der Waals surface area contributed by atoms with Gasteiger partial charge in [0.1, 0.15) is 10.0 Å². The molecule has 2 aromatic rings. The number of nitrogens with one attached hydrogen (secondary N) is 2. The van der Waals surface area contributed by atoms with Crippen LogP contribution in [0, 0.1) is 24.7 Å². The molecule has 2 rings (SSSR count). The zero-order valence-electron chi connectivity index (χ0n) is 15.3. The molecule has 0 aliphatic heterocycles. The molecular weight excluding hydrogens is 396 g/mol. The third-order valence-corrected chi connectivity index (χ3v) is 5.22. The summed E-state index contributed by atoms with van der Waals surface area (Å²) in [5.41, 5.74) is 1.05. The van der Waals surface area contributed by atoms with Crippen molar-refractivity contribution in [1.29, 1.82) is 0 Å². The van der Waals surface area contributed by atoms with E-state index in [4.69, 9.17) is 12.8 Å². The van der Waals surface area contributed by atoms with Gasteiger partial charge in [-0.15, -0.1) is 35.5 Å². The third-order valence-electron chi connectivity index (χ3n) is 3.58. The fourth-order valence-electron chi connectivity index (χ4n) is 2.37. The number of thiophene rings is 2. The van der Waals surface area contributed by atoms with E-state index < -0.39 is 6.03 Å². The maximum absolute atomic E-state index is 12.5. The SMILES string of the molecule is C#CCN(C(C)=O)c1ccsc1NC(=O)Nc1sccc1N(CC#C)C(C)=O. The molecule has 2 aromatic heterocycles. The molecular formula is C19H18N4O3S2. The molecule has 4 amide bonds. The highest BCUT2D eigenvalue weighted by atomic mass is 32.1. The van der Waals surface area contributed by atoms with Gasteiger partial charge in [0.15, 0.2) is 0 Å². The first-order valence-electron chi connectivity index (χ1n) is 8.05. The predicted octanol–water partition coefficient (Wildman–Crippen LogP) is 3.43. The average Bonchev–Trinajstić information content (AvgIpc) is 3.26. The second kappa shape index (κ2) is 9.60. The van der Waals surface area contributed by atoms with E-state index in [0.717, 1.165) is 0 Å². The fourth-order valence-corrected chi connectivity index (χ4v) is 3.94. The Bertz CT molecular complexity index is 888. The van der Waals surface area contributed by atoms with Crippen molar-refractivity contribution in [3.8, 4) is 24.7 Å². The number of terminal acetylenes is 2. The van der Waals surface area contributed by atoms with Crippen LogP contribution in [0.1, 0.15) is 13.8 Å². The first-order chi connectivity index (χ1) is 13.4. The Hall–Kier alpha value is -3.27. The zero-order valence-corrected chi connectivity index (χ0v) is 16.9. The number of amides is 4. The van der Waals surface area contributed by atoms with Crippen molar-refractivity contribution in [2.24, 2.45) is 0 Å². The van der Waals surface area contributed by atoms with Crippen LogP contribution in [0.5, 0.6) is 0 Å². The summed E-state index contributed by atoms with van der Waals surface area (Å²) in [4.78, 5) is 38.9. The molecule has 0 spiro atoms. The van der Waals surface area contributed by atoms with Crippen molar-refractivity contribution in [1.82, 2.24) is 0 Å². The van der Waals surface area contributed by atoms with E-state index in [0.29, 0.717) is 21.4 Å². The number of hydrogen-bond acceptors (Lipinski definition) is 5. The number of carbonyl (C=O) groups is 3. The summed E-state index contributed by atoms with van der Waals surface area (Å²) in [6.07, 6.45) is 10.6. The van der Waals surface area contributed by atoms with Gasteiger partial charge in [-0.2, -0.15) is 0 Å². The molecule has 28 heavy (non-hydrogen) atoms. The molecule has 2 heterocycles. The third kappa shape index (κ3) is 4.92. The van der Waals surface area contributed by atoms with Crippen LogP contribution in [0.4, 0.5) is 26.2 Å². The first-order valence-corrected chi connectivity index (χ1v) is 9.81. The van der Waals surface area contributed by atoms with Crippen molar-refractivity contribution in [3.05, 3.63) is 22.9 Å². The van der Waals surface area contributed by atoms with E-state index in [-0.39, 0.29) is 24.9 Å². The van der Waals surface area contributed by atoms with Crippen LogP contribution in [0.3, 0.4) is 0 Å². The molecule has 0 saturated carbocycles. The second-order valence-corrected chi connectivity index (χ2v) is 7.30. The lowest BCUT2D eigenvalue weighted by Gasteiger charge is -2.20. The summed E-state index contributed by atoms with van der Waals surface area (Å²) in [5.74, 6) is 4.39. The molecule has 0 aliphatic rings. The fraction of sp³-hybridized carbons (Fsp3) is 0.211. The van der Waals surface area contributed by atoms with Gasteiger partial charge < -0.3 is 0 Å². The smallest absolute Gasteiger partial charge is 0.298 e. The topological polar surface area (TPSA) is 81.8 Å². The summed E-state index contributed by atoms with van der Waals surface area (Å²) >= 11 is 2.53. The lowest BCUT2D eigenvalue weighted by atomic mass is 10.3. The van der Waals surface area contributed by atoms with Gasteiger partial charge in [0.25, 0.3) is 0 Å². The van der Waals surface area contributed by atoms with Crippen molar-refractivity contribution >= 4 is 61.9 Å². The summed E-state index contributed by atoms with van der Waals surface area (Å²) in [6.45, 7) is 2.99. The molecule has 2 N–H and O–H groups in total. The predicted molar refractivity (Wildman–Crippen MR) is 115 cm³/mol. The average molecular weight is 415 g/mol. The first kappa shape index (κ1) is 21.0. The Morgan fingerprint density at radius 2 is 1.29 bits per heavy atom. The van der Waals surface area contributed by atoms with Gasteiger partial charge >= 0.3 is 6.03 Å². The summed E-state index contributed by atoms with van der Waals surface area (Å²) < 4.78 is 0. The van der Waals surface area contributed by atoms with Gasteiger partial charge in [-0.05, 0) is 22.9 Å². The summed E-state index contributed by atoms with van der Waals surface area (Å²) in [6, 6.07) is 2.90. The maximum atomic E-state index is 12.5. The van der Waals surface area contributed by atoms with Gasteiger partial charge in [-0.1, -0.05) is 11.8 Å². The van der Waals surface area contributed by atoms with E-state index in [1.54, 1.807) is 22.9 Å². The normalized spacial score (nSPS) is 9.71. The lowest BCUT2D eigenvalue weighted by Crippen LogP contribution is -2.30. The quantitative estimate of drug-likeness (QED) is 0.711. The number of anilines is 4. The van der Waals surface area contributed by atoms with Gasteiger partial charge in [-0.25, -0.2) is 4.79 Å². The second-order valence-electron chi connectivity index (χ2n) is 5.47. The number of hydrogen-bond donors (Lipinski definition) is 2. The van der Waals surface area contributed by atoms with E-state index in [1.807, 2.05) is 0 Å². The van der Waals surface area contributed by atoms with Crippen LogP contribution < -0.4 is 20.4 Å². The molecule has 0 radical (unpaired) electrons. The van der Waals surface area contributed by atoms with Crippen LogP contribution in [-0.4, -0.2) is 30.9 Å². The van der Waals surface area contributed by atoms with Gasteiger partial charge in [0.2, 0.25) is 11.8 Å². The minimum absolute atomic E-state index is 0.0943. The van der Waals surface area contributed by atoms with Crippen molar-refractivity contribution in [2.75, 3.05) is 33.5 Å². The Kier molecular flexibility index (Phi) is 7.21. The molecule has 0 saturated heterocycles. The summed E-state index contributed by atoms with van der Waals surface area (Å²) in [7, 11) is 0. The van der Waals surface area contributed by atoms with E-state index >= 15 is 0 Å². The van der Waals surface area contributed by atoms with Crippen LogP contribution in [0.15, 0.2) is 22.9 Å². The van der Waals surface area contributed by atoms with Gasteiger partial charge in [0, 0.05) is 13.8 Å². The van der Waals surface area contributed by atoms with Crippen molar-refractivity contribution in [2.45, 2.75) is 13.8 Å². The molecule has 7 nitrogen and oxygen atoms in total. The molecule has 0 bridgehead atoms. The van der Waals surface area contributed by atoms with Crippen molar-refractivity contribution < 1.29 is 14.4 Å². The maximum Gasteiger partial charge on any atom is 0.325 e. The van der Waals surface area contributed by atoms with E-state index in [2.05, 4.69) is 22.5 Å². The Balaban J connectivity index is 2.18. The Morgan fingerprint density at radius 1 is 0.893 bits per heavy atom. The Morgan fingerprint density at radius 3 is 1.61 bits per heavy atom. The highest BCUT2D eigenvalue weighted by Gasteiger charge is 2.20. The largest absolute Gasteiger partial charge is 0.325 e. The molecule has 0 fully saturated rings. The van der Waals surface area contributed by atoms with Gasteiger partial charge in [-0.3, -0.25) is 30.0 Å². The van der Waals surface area contributed by atoms with Crippen LogP contribution >= 0.6 is 22.7 Å². The highest BCUT2D eigenvalue weighted by molar-refractivity contribution is 7.15. The standard InChI is InChI=1S/C19H18N4O3S2/c1-5-9-22(13(3)24)15-7-11-27-17(15)20-19(26)21-18-16(8-12-28-18)23(10-6-2)14(4)25/h1-2,7-8,11-12H,9-10H2,3-4H3,(H2,20,21,26). The molecule has 9 heteroatoms. The molecule has 0 aromatic carbocycles. The molecule has 0 aliphatic carbocycles. The summed E-state index contributed by atoms with van der Waals surface area (Å²) in [5, 5.41) is 9.89. The Labute approximate surface area is 171 Å². The molecule has 0 unspecified atom stereocenters. The zero-order chi connectivity index (χ0) is 20.7. The van der Waals surface area contributed by atoms with Crippen LogP contribution in [0.2, 0.25) is 0 Å². The number of carbonyl (C=O) groups excluding carboxylic acids is 3. The minimum atomic E-state index is -0.513. The van der Waals surface area contributed by atoms with Crippen LogP contribution in [0.25, 0.3) is 0 Å². The number of urea groups is 1. The highest BCUT2D eigenvalue weighted by Crippen LogP contribution is 2.34. The van der Waals surface area contributed by atoms with Gasteiger partial charge in [0.05, 0.1) is 24.5 Å². The molecule has 144 valence electrons. The monoisotopic (exact) mass is 414 g/mol. The molecule has 0 atom stereocenters. The number of rotatable bonds is 6. The lowest BCUT2D eigenvalue weighted by molar-refractivity contribution is -0.117. The number of nitrogens with zero attached hydrogens (tertiary/aromatic N) is 2. The van der Waals surface area contributed by atoms with E-state index in [9.17, 15) is 14.4 Å². The van der Waals surface area contributed by atoms with Crippen molar-refractivity contribution in [3.63, 3.8) is 0 Å². The van der Waals surface area contributed by atoms with E-state index in [1.165, 1.54) is 46.3 Å². The minimum Gasteiger partial charge on any atom is -0.298 e.